The first-order valence-electron chi connectivity index (χ1n) is 7.02. The molecule has 0 aromatic heterocycles. The fraction of sp³-hybridized carbons (Fsp3) is 0.533. The molecular formula is C15H20N2O3. The van der Waals surface area contributed by atoms with Crippen LogP contribution in [-0.4, -0.2) is 43.3 Å². The van der Waals surface area contributed by atoms with E-state index in [0.29, 0.717) is 13.2 Å². The Kier molecular flexibility index (Phi) is 3.53. The van der Waals surface area contributed by atoms with E-state index in [-0.39, 0.29) is 11.6 Å². The normalized spacial score (nSPS) is 25.9. The van der Waals surface area contributed by atoms with Gasteiger partial charge in [0.05, 0.1) is 12.6 Å². The Labute approximate surface area is 118 Å². The zero-order chi connectivity index (χ0) is 14.0. The van der Waals surface area contributed by atoms with Gasteiger partial charge in [0.1, 0.15) is 12.4 Å². The van der Waals surface area contributed by atoms with Gasteiger partial charge in [-0.2, -0.15) is 0 Å². The van der Waals surface area contributed by atoms with Crippen LogP contribution in [-0.2, 0) is 11.3 Å². The Bertz CT molecular complexity index is 498. The number of cyclic esters (lactones) is 1. The van der Waals surface area contributed by atoms with E-state index in [9.17, 15) is 4.79 Å². The molecule has 3 rings (SSSR count). The lowest BCUT2D eigenvalue weighted by Crippen LogP contribution is -2.56. The smallest absolute Gasteiger partial charge is 0.410 e. The molecule has 2 heterocycles. The lowest BCUT2D eigenvalue weighted by atomic mass is 9.89. The van der Waals surface area contributed by atoms with E-state index in [1.807, 2.05) is 29.2 Å². The van der Waals surface area contributed by atoms with E-state index in [4.69, 9.17) is 9.47 Å². The molecule has 0 saturated carbocycles. The Hall–Kier alpha value is -1.75. The van der Waals surface area contributed by atoms with Gasteiger partial charge in [-0.25, -0.2) is 4.79 Å². The number of ether oxygens (including phenoxy) is 2. The van der Waals surface area contributed by atoms with Gasteiger partial charge in [0.25, 0.3) is 0 Å². The molecule has 2 aliphatic heterocycles. The van der Waals surface area contributed by atoms with Gasteiger partial charge in [0.15, 0.2) is 0 Å². The zero-order valence-electron chi connectivity index (χ0n) is 11.7. The van der Waals surface area contributed by atoms with Gasteiger partial charge in [-0.1, -0.05) is 12.1 Å². The third-order valence-electron chi connectivity index (χ3n) is 4.18. The van der Waals surface area contributed by atoms with Crippen molar-refractivity contribution >= 4 is 6.09 Å². The molecule has 1 spiro atoms. The molecule has 2 aliphatic rings. The van der Waals surface area contributed by atoms with Crippen LogP contribution >= 0.6 is 0 Å². The number of benzene rings is 1. The molecule has 1 unspecified atom stereocenters. The molecule has 0 radical (unpaired) electrons. The van der Waals surface area contributed by atoms with Gasteiger partial charge in [0.2, 0.25) is 0 Å². The van der Waals surface area contributed by atoms with Crippen LogP contribution in [0, 0.1) is 0 Å². The number of carbonyl (C=O) groups excluding carboxylic acids is 1. The number of methoxy groups -OCH3 is 1. The largest absolute Gasteiger partial charge is 0.497 e. The first kappa shape index (κ1) is 13.2. The molecule has 1 aromatic rings. The molecule has 1 N–H and O–H groups in total. The van der Waals surface area contributed by atoms with E-state index >= 15 is 0 Å². The average Bonchev–Trinajstić information content (AvgIpc) is 2.78. The summed E-state index contributed by atoms with van der Waals surface area (Å²) >= 11 is 0. The standard InChI is InChI=1S/C15H20N2O3/c1-19-13-5-2-4-12(8-13)9-17-14(18)20-11-15(17)6-3-7-16-10-15/h2,4-5,8,16H,3,6-7,9-11H2,1H3. The molecule has 20 heavy (non-hydrogen) atoms. The number of carbonyl (C=O) groups is 1. The molecule has 2 saturated heterocycles. The van der Waals surface area contributed by atoms with Crippen LogP contribution in [0.4, 0.5) is 4.79 Å². The summed E-state index contributed by atoms with van der Waals surface area (Å²) in [6.07, 6.45) is 1.86. The molecule has 0 bridgehead atoms. The van der Waals surface area contributed by atoms with Gasteiger partial charge in [-0.05, 0) is 37.1 Å². The number of nitrogens with zero attached hydrogens (tertiary/aromatic N) is 1. The monoisotopic (exact) mass is 276 g/mol. The lowest BCUT2D eigenvalue weighted by molar-refractivity contribution is 0.124. The minimum absolute atomic E-state index is 0.182. The molecule has 5 nitrogen and oxygen atoms in total. The highest BCUT2D eigenvalue weighted by atomic mass is 16.6. The highest BCUT2D eigenvalue weighted by Crippen LogP contribution is 2.32. The second kappa shape index (κ2) is 5.32. The molecule has 5 heteroatoms. The number of hydrogen-bond donors (Lipinski definition) is 1. The number of hydrogen-bond acceptors (Lipinski definition) is 4. The summed E-state index contributed by atoms with van der Waals surface area (Å²) in [7, 11) is 1.65. The molecule has 1 atom stereocenters. The summed E-state index contributed by atoms with van der Waals surface area (Å²) in [6, 6.07) is 7.83. The predicted molar refractivity (Wildman–Crippen MR) is 74.7 cm³/mol. The van der Waals surface area contributed by atoms with Gasteiger partial charge < -0.3 is 14.8 Å². The Balaban J connectivity index is 1.81. The van der Waals surface area contributed by atoms with E-state index in [1.165, 1.54) is 0 Å². The highest BCUT2D eigenvalue weighted by Gasteiger charge is 2.47. The summed E-state index contributed by atoms with van der Waals surface area (Å²) in [5, 5.41) is 3.38. The second-order valence-corrected chi connectivity index (χ2v) is 5.50. The maximum absolute atomic E-state index is 12.1. The number of rotatable bonds is 3. The molecule has 1 aromatic carbocycles. The van der Waals surface area contributed by atoms with Crippen LogP contribution in [0.1, 0.15) is 18.4 Å². The van der Waals surface area contributed by atoms with E-state index in [1.54, 1.807) is 7.11 Å². The highest BCUT2D eigenvalue weighted by molar-refractivity contribution is 5.71. The van der Waals surface area contributed by atoms with Crippen LogP contribution in [0.15, 0.2) is 24.3 Å². The van der Waals surface area contributed by atoms with Crippen LogP contribution in [0.3, 0.4) is 0 Å². The zero-order valence-corrected chi connectivity index (χ0v) is 11.7. The lowest BCUT2D eigenvalue weighted by Gasteiger charge is -2.38. The van der Waals surface area contributed by atoms with Gasteiger partial charge in [0, 0.05) is 13.1 Å². The van der Waals surface area contributed by atoms with Crippen molar-refractivity contribution in [2.24, 2.45) is 0 Å². The van der Waals surface area contributed by atoms with Crippen molar-refractivity contribution in [1.82, 2.24) is 10.2 Å². The van der Waals surface area contributed by atoms with Crippen molar-refractivity contribution in [1.29, 1.82) is 0 Å². The van der Waals surface area contributed by atoms with Crippen LogP contribution in [0.25, 0.3) is 0 Å². The summed E-state index contributed by atoms with van der Waals surface area (Å²) in [6.45, 7) is 2.88. The van der Waals surface area contributed by atoms with Gasteiger partial charge >= 0.3 is 6.09 Å². The fourth-order valence-electron chi connectivity index (χ4n) is 3.04. The molecule has 1 amide bonds. The van der Waals surface area contributed by atoms with E-state index in [2.05, 4.69) is 5.32 Å². The van der Waals surface area contributed by atoms with Crippen molar-refractivity contribution in [2.45, 2.75) is 24.9 Å². The molecule has 0 aliphatic carbocycles. The Morgan fingerprint density at radius 3 is 3.15 bits per heavy atom. The van der Waals surface area contributed by atoms with Crippen molar-refractivity contribution in [3.8, 4) is 5.75 Å². The summed E-state index contributed by atoms with van der Waals surface area (Å²) in [5.41, 5.74) is 0.881. The maximum atomic E-state index is 12.1. The van der Waals surface area contributed by atoms with Crippen molar-refractivity contribution in [2.75, 3.05) is 26.8 Å². The predicted octanol–water partition coefficient (Wildman–Crippen LogP) is 1.77. The van der Waals surface area contributed by atoms with Crippen molar-refractivity contribution < 1.29 is 14.3 Å². The summed E-state index contributed by atoms with van der Waals surface area (Å²) < 4.78 is 10.5. The third-order valence-corrected chi connectivity index (χ3v) is 4.18. The van der Waals surface area contributed by atoms with Crippen LogP contribution in [0.5, 0.6) is 5.75 Å². The SMILES string of the molecule is COc1cccc(CN2C(=O)OCC23CCCNC3)c1. The minimum Gasteiger partial charge on any atom is -0.497 e. The van der Waals surface area contributed by atoms with E-state index in [0.717, 1.165) is 37.2 Å². The molecule has 108 valence electrons. The first-order valence-corrected chi connectivity index (χ1v) is 7.02. The number of nitrogens with one attached hydrogen (secondary N) is 1. The topological polar surface area (TPSA) is 50.8 Å². The van der Waals surface area contributed by atoms with Crippen molar-refractivity contribution in [3.05, 3.63) is 29.8 Å². The second-order valence-electron chi connectivity index (χ2n) is 5.50. The Morgan fingerprint density at radius 2 is 2.40 bits per heavy atom. The van der Waals surface area contributed by atoms with Gasteiger partial charge in [-0.3, -0.25) is 4.90 Å². The van der Waals surface area contributed by atoms with E-state index < -0.39 is 0 Å². The maximum Gasteiger partial charge on any atom is 0.410 e. The quantitative estimate of drug-likeness (QED) is 0.914. The van der Waals surface area contributed by atoms with Crippen LogP contribution < -0.4 is 10.1 Å². The first-order chi connectivity index (χ1) is 9.73. The van der Waals surface area contributed by atoms with Gasteiger partial charge in [-0.15, -0.1) is 0 Å². The van der Waals surface area contributed by atoms with Crippen LogP contribution in [0.2, 0.25) is 0 Å². The summed E-state index contributed by atoms with van der Waals surface area (Å²) in [5.74, 6) is 0.811. The molecule has 2 fully saturated rings. The fourth-order valence-corrected chi connectivity index (χ4v) is 3.04. The Morgan fingerprint density at radius 1 is 1.50 bits per heavy atom. The summed E-state index contributed by atoms with van der Waals surface area (Å²) in [4.78, 5) is 13.9. The molecular weight excluding hydrogens is 256 g/mol. The average molecular weight is 276 g/mol. The minimum atomic E-state index is -0.212. The number of amides is 1. The number of piperidine rings is 1. The van der Waals surface area contributed by atoms with Crippen molar-refractivity contribution in [3.63, 3.8) is 0 Å². The third kappa shape index (κ3) is 2.33.